The van der Waals surface area contributed by atoms with Gasteiger partial charge in [0.05, 0.1) is 6.61 Å². The molecule has 7 heteroatoms. The van der Waals surface area contributed by atoms with E-state index >= 15 is 0 Å². The molecular formula is C11H16N2O4S. The number of aromatic nitrogens is 1. The number of carbonyl (C=O) groups is 2. The summed E-state index contributed by atoms with van der Waals surface area (Å²) in [7, 11) is 2.99. The largest absolute Gasteiger partial charge is 0.480 e. The third-order valence-electron chi connectivity index (χ3n) is 2.71. The zero-order chi connectivity index (χ0) is 13.9. The lowest BCUT2D eigenvalue weighted by molar-refractivity contribution is -0.147. The molecule has 6 nitrogen and oxygen atoms in total. The Labute approximate surface area is 109 Å². The van der Waals surface area contributed by atoms with Gasteiger partial charge in [-0.1, -0.05) is 0 Å². The fraction of sp³-hybridized carbons (Fsp3) is 0.545. The predicted molar refractivity (Wildman–Crippen MR) is 66.6 cm³/mol. The molecule has 0 saturated heterocycles. The van der Waals surface area contributed by atoms with Crippen molar-refractivity contribution in [2.75, 3.05) is 14.2 Å². The summed E-state index contributed by atoms with van der Waals surface area (Å²) in [6, 6.07) is 0. The van der Waals surface area contributed by atoms with E-state index in [2.05, 4.69) is 4.98 Å². The monoisotopic (exact) mass is 272 g/mol. The average Bonchev–Trinajstić information content (AvgIpc) is 2.76. The molecular weight excluding hydrogens is 256 g/mol. The van der Waals surface area contributed by atoms with E-state index in [1.165, 1.54) is 37.1 Å². The van der Waals surface area contributed by atoms with Gasteiger partial charge in [0, 0.05) is 19.5 Å². The predicted octanol–water partition coefficient (Wildman–Crippen LogP) is 1.22. The van der Waals surface area contributed by atoms with Crippen LogP contribution in [0.1, 0.15) is 29.3 Å². The molecule has 0 radical (unpaired) electrons. The average molecular weight is 272 g/mol. The highest BCUT2D eigenvalue weighted by Crippen LogP contribution is 2.18. The molecule has 0 unspecified atom stereocenters. The first-order valence-electron chi connectivity index (χ1n) is 5.25. The number of methoxy groups -OCH3 is 1. The van der Waals surface area contributed by atoms with E-state index in [0.29, 0.717) is 11.6 Å². The van der Waals surface area contributed by atoms with Crippen LogP contribution in [0, 0.1) is 0 Å². The maximum atomic E-state index is 12.1. The van der Waals surface area contributed by atoms with Crippen molar-refractivity contribution in [3.05, 3.63) is 16.1 Å². The molecule has 100 valence electrons. The number of carboxylic acid groups (broad SMARTS) is 1. The molecule has 0 aromatic carbocycles. The lowest BCUT2D eigenvalue weighted by atomic mass is 10.0. The number of ether oxygens (including phenoxy) is 1. The first-order chi connectivity index (χ1) is 8.30. The fourth-order valence-corrected chi connectivity index (χ4v) is 1.91. The zero-order valence-corrected chi connectivity index (χ0v) is 11.6. The Morgan fingerprint density at radius 2 is 2.17 bits per heavy atom. The fourth-order valence-electron chi connectivity index (χ4n) is 1.17. The maximum absolute atomic E-state index is 12.1. The van der Waals surface area contributed by atoms with Crippen LogP contribution in [0.5, 0.6) is 0 Å². The Morgan fingerprint density at radius 1 is 1.56 bits per heavy atom. The summed E-state index contributed by atoms with van der Waals surface area (Å²) >= 11 is 1.31. The van der Waals surface area contributed by atoms with Crippen molar-refractivity contribution in [1.82, 2.24) is 9.88 Å². The first-order valence-corrected chi connectivity index (χ1v) is 6.13. The van der Waals surface area contributed by atoms with Gasteiger partial charge in [0.25, 0.3) is 5.91 Å². The van der Waals surface area contributed by atoms with Gasteiger partial charge in [0.15, 0.2) is 0 Å². The van der Waals surface area contributed by atoms with Crippen LogP contribution >= 0.6 is 11.3 Å². The summed E-state index contributed by atoms with van der Waals surface area (Å²) in [6.07, 6.45) is 0. The highest BCUT2D eigenvalue weighted by atomic mass is 32.1. The minimum absolute atomic E-state index is 0.240. The number of carboxylic acids is 1. The van der Waals surface area contributed by atoms with E-state index < -0.39 is 17.4 Å². The van der Waals surface area contributed by atoms with Crippen molar-refractivity contribution >= 4 is 23.2 Å². The van der Waals surface area contributed by atoms with E-state index in [0.717, 1.165) is 0 Å². The molecule has 18 heavy (non-hydrogen) atoms. The summed E-state index contributed by atoms with van der Waals surface area (Å²) in [5.41, 5.74) is -1.04. The quantitative estimate of drug-likeness (QED) is 0.872. The number of nitrogens with zero attached hydrogens (tertiary/aromatic N) is 2. The molecule has 0 atom stereocenters. The van der Waals surface area contributed by atoms with Crippen molar-refractivity contribution in [2.45, 2.75) is 26.0 Å². The molecule has 1 N–H and O–H groups in total. The SMILES string of the molecule is COCc1nc(C(=O)N(C)C(C)(C)C(=O)O)cs1. The number of likely N-dealkylation sites (N-methyl/N-ethyl adjacent to an activating group) is 1. The lowest BCUT2D eigenvalue weighted by Crippen LogP contribution is -2.50. The molecule has 1 aromatic heterocycles. The van der Waals surface area contributed by atoms with E-state index in [4.69, 9.17) is 9.84 Å². The molecule has 0 bridgehead atoms. The standard InChI is InChI=1S/C11H16N2O4S/c1-11(2,10(15)16)13(3)9(14)7-6-18-8(12-7)5-17-4/h6H,5H2,1-4H3,(H,15,16). The van der Waals surface area contributed by atoms with E-state index in [1.807, 2.05) is 0 Å². The van der Waals surface area contributed by atoms with Crippen molar-refractivity contribution in [2.24, 2.45) is 0 Å². The van der Waals surface area contributed by atoms with Gasteiger partial charge in [-0.3, -0.25) is 4.79 Å². The molecule has 1 rings (SSSR count). The molecule has 0 spiro atoms. The van der Waals surface area contributed by atoms with Crippen LogP contribution in [0.15, 0.2) is 5.38 Å². The maximum Gasteiger partial charge on any atom is 0.329 e. The Morgan fingerprint density at radius 3 is 2.67 bits per heavy atom. The van der Waals surface area contributed by atoms with Gasteiger partial charge in [-0.25, -0.2) is 9.78 Å². The van der Waals surface area contributed by atoms with Gasteiger partial charge in [0.2, 0.25) is 0 Å². The molecule has 0 fully saturated rings. The number of thiazole rings is 1. The molecule has 1 heterocycles. The number of carbonyl (C=O) groups excluding carboxylic acids is 1. The lowest BCUT2D eigenvalue weighted by Gasteiger charge is -2.30. The normalized spacial score (nSPS) is 11.3. The Bertz CT molecular complexity index is 456. The number of aliphatic carboxylic acids is 1. The van der Waals surface area contributed by atoms with Gasteiger partial charge >= 0.3 is 5.97 Å². The third kappa shape index (κ3) is 2.85. The van der Waals surface area contributed by atoms with E-state index in [1.54, 1.807) is 12.5 Å². The van der Waals surface area contributed by atoms with Crippen molar-refractivity contribution < 1.29 is 19.4 Å². The number of hydrogen-bond donors (Lipinski definition) is 1. The Balaban J connectivity index is 2.89. The van der Waals surface area contributed by atoms with Crippen molar-refractivity contribution in [3.8, 4) is 0 Å². The van der Waals surface area contributed by atoms with Crippen LogP contribution in [0.25, 0.3) is 0 Å². The molecule has 1 amide bonds. The summed E-state index contributed by atoms with van der Waals surface area (Å²) in [6.45, 7) is 3.27. The van der Waals surface area contributed by atoms with Gasteiger partial charge in [-0.2, -0.15) is 0 Å². The van der Waals surface area contributed by atoms with E-state index in [9.17, 15) is 9.59 Å². The minimum atomic E-state index is -1.28. The summed E-state index contributed by atoms with van der Waals surface area (Å²) in [4.78, 5) is 28.4. The second kappa shape index (κ2) is 5.45. The zero-order valence-electron chi connectivity index (χ0n) is 10.8. The summed E-state index contributed by atoms with van der Waals surface area (Å²) in [5.74, 6) is -1.48. The number of rotatable bonds is 5. The molecule has 0 aliphatic heterocycles. The molecule has 1 aromatic rings. The van der Waals surface area contributed by atoms with Crippen LogP contribution in [0.2, 0.25) is 0 Å². The third-order valence-corrected chi connectivity index (χ3v) is 3.53. The van der Waals surface area contributed by atoms with Gasteiger partial charge in [0.1, 0.15) is 16.2 Å². The number of amides is 1. The van der Waals surface area contributed by atoms with Gasteiger partial charge < -0.3 is 14.7 Å². The number of hydrogen-bond acceptors (Lipinski definition) is 5. The first kappa shape index (κ1) is 14.6. The molecule has 0 aliphatic rings. The van der Waals surface area contributed by atoms with Crippen molar-refractivity contribution in [3.63, 3.8) is 0 Å². The van der Waals surface area contributed by atoms with Crippen LogP contribution in [-0.4, -0.2) is 46.6 Å². The minimum Gasteiger partial charge on any atom is -0.480 e. The Hall–Kier alpha value is -1.47. The van der Waals surface area contributed by atoms with Crippen LogP contribution in [-0.2, 0) is 16.1 Å². The van der Waals surface area contributed by atoms with Gasteiger partial charge in [-0.15, -0.1) is 11.3 Å². The topological polar surface area (TPSA) is 79.7 Å². The smallest absolute Gasteiger partial charge is 0.329 e. The van der Waals surface area contributed by atoms with Gasteiger partial charge in [-0.05, 0) is 13.8 Å². The Kier molecular flexibility index (Phi) is 4.42. The van der Waals surface area contributed by atoms with Crippen molar-refractivity contribution in [1.29, 1.82) is 0 Å². The summed E-state index contributed by atoms with van der Waals surface area (Å²) in [5, 5.41) is 11.4. The highest BCUT2D eigenvalue weighted by molar-refractivity contribution is 7.09. The van der Waals surface area contributed by atoms with E-state index in [-0.39, 0.29) is 5.69 Å². The second-order valence-corrected chi connectivity index (χ2v) is 5.23. The van der Waals surface area contributed by atoms with Crippen LogP contribution < -0.4 is 0 Å². The van der Waals surface area contributed by atoms with Crippen LogP contribution in [0.4, 0.5) is 0 Å². The van der Waals surface area contributed by atoms with Crippen LogP contribution in [0.3, 0.4) is 0 Å². The highest BCUT2D eigenvalue weighted by Gasteiger charge is 2.36. The summed E-state index contributed by atoms with van der Waals surface area (Å²) < 4.78 is 4.92. The molecule has 0 saturated carbocycles. The molecule has 0 aliphatic carbocycles. The second-order valence-electron chi connectivity index (χ2n) is 4.29.